The predicted molar refractivity (Wildman–Crippen MR) is 115 cm³/mol. The molecule has 2 aromatic heterocycles. The van der Waals surface area contributed by atoms with Gasteiger partial charge in [-0.05, 0) is 50.0 Å². The molecular formula is C24H36N4. The monoisotopic (exact) mass is 380 g/mol. The van der Waals surface area contributed by atoms with Crippen molar-refractivity contribution in [1.82, 2.24) is 19.9 Å². The van der Waals surface area contributed by atoms with Crippen LogP contribution in [0.25, 0.3) is 11.4 Å². The van der Waals surface area contributed by atoms with Crippen molar-refractivity contribution in [2.45, 2.75) is 96.8 Å². The summed E-state index contributed by atoms with van der Waals surface area (Å²) in [6.45, 7) is 4.51. The molecule has 2 heterocycles. The lowest BCUT2D eigenvalue weighted by Crippen LogP contribution is -2.15. The van der Waals surface area contributed by atoms with Gasteiger partial charge in [0.25, 0.3) is 0 Å². The Bertz CT molecular complexity index is 673. The molecule has 152 valence electrons. The van der Waals surface area contributed by atoms with Gasteiger partial charge in [-0.25, -0.2) is 19.9 Å². The van der Waals surface area contributed by atoms with E-state index >= 15 is 0 Å². The van der Waals surface area contributed by atoms with E-state index in [2.05, 4.69) is 33.8 Å². The van der Waals surface area contributed by atoms with E-state index in [9.17, 15) is 0 Å². The van der Waals surface area contributed by atoms with Crippen LogP contribution < -0.4 is 0 Å². The van der Waals surface area contributed by atoms with Crippen LogP contribution in [0.2, 0.25) is 0 Å². The van der Waals surface area contributed by atoms with Gasteiger partial charge in [-0.15, -0.1) is 0 Å². The normalized spacial score (nSPS) is 19.6. The highest BCUT2D eigenvalue weighted by atomic mass is 14.9. The minimum absolute atomic E-state index is 0.526. The fourth-order valence-corrected chi connectivity index (χ4v) is 4.27. The molecule has 1 fully saturated rings. The Morgan fingerprint density at radius 2 is 1.39 bits per heavy atom. The molecule has 4 nitrogen and oxygen atoms in total. The Kier molecular flexibility index (Phi) is 8.38. The summed E-state index contributed by atoms with van der Waals surface area (Å²) in [6.07, 6.45) is 23.1. The van der Waals surface area contributed by atoms with Crippen LogP contribution in [-0.2, 0) is 6.42 Å². The summed E-state index contributed by atoms with van der Waals surface area (Å²) in [5.41, 5.74) is 2.13. The van der Waals surface area contributed by atoms with E-state index in [1.54, 1.807) is 0 Å². The highest BCUT2D eigenvalue weighted by molar-refractivity contribution is 5.51. The van der Waals surface area contributed by atoms with Gasteiger partial charge in [0.1, 0.15) is 5.82 Å². The van der Waals surface area contributed by atoms with Crippen molar-refractivity contribution in [3.63, 3.8) is 0 Å². The molecule has 0 atom stereocenters. The molecule has 4 heteroatoms. The maximum atomic E-state index is 4.67. The van der Waals surface area contributed by atoms with Gasteiger partial charge >= 0.3 is 0 Å². The molecule has 28 heavy (non-hydrogen) atoms. The quantitative estimate of drug-likeness (QED) is 0.440. The number of aromatic nitrogens is 4. The summed E-state index contributed by atoms with van der Waals surface area (Å²) in [4.78, 5) is 18.4. The van der Waals surface area contributed by atoms with Crippen LogP contribution >= 0.6 is 0 Å². The van der Waals surface area contributed by atoms with E-state index < -0.39 is 0 Å². The Hall–Kier alpha value is -1.84. The maximum Gasteiger partial charge on any atom is 0.162 e. The zero-order valence-electron chi connectivity index (χ0n) is 17.7. The highest BCUT2D eigenvalue weighted by Gasteiger charge is 2.23. The third-order valence-corrected chi connectivity index (χ3v) is 6.13. The van der Waals surface area contributed by atoms with Crippen LogP contribution in [-0.4, -0.2) is 19.9 Å². The summed E-state index contributed by atoms with van der Waals surface area (Å²) in [5, 5.41) is 0. The minimum Gasteiger partial charge on any atom is -0.240 e. The van der Waals surface area contributed by atoms with Crippen molar-refractivity contribution in [2.24, 2.45) is 5.92 Å². The second-order valence-electron chi connectivity index (χ2n) is 8.42. The third-order valence-electron chi connectivity index (χ3n) is 6.13. The van der Waals surface area contributed by atoms with Crippen molar-refractivity contribution in [3.05, 3.63) is 36.2 Å². The molecule has 2 aromatic rings. The maximum absolute atomic E-state index is 4.67. The molecule has 0 aromatic carbocycles. The van der Waals surface area contributed by atoms with E-state index in [-0.39, 0.29) is 0 Å². The standard InChI is InChI=1S/C24H36N4/c1-3-5-7-9-19-11-13-21(14-12-19)23-27-17-22(18-28-23)24-25-15-20(16-26-24)10-8-6-4-2/h15-19,21H,3-14H2,1-2H3/t19-,21-. The topological polar surface area (TPSA) is 51.6 Å². The molecule has 0 radical (unpaired) electrons. The summed E-state index contributed by atoms with van der Waals surface area (Å²) < 4.78 is 0. The first-order chi connectivity index (χ1) is 13.8. The second kappa shape index (κ2) is 11.2. The average Bonchev–Trinajstić information content (AvgIpc) is 2.75. The van der Waals surface area contributed by atoms with Crippen molar-refractivity contribution < 1.29 is 0 Å². The summed E-state index contributed by atoms with van der Waals surface area (Å²) in [6, 6.07) is 0. The molecule has 0 N–H and O–H groups in total. The molecule has 0 saturated heterocycles. The molecule has 1 aliphatic carbocycles. The van der Waals surface area contributed by atoms with Crippen LogP contribution in [0.15, 0.2) is 24.8 Å². The molecule has 0 aliphatic heterocycles. The van der Waals surface area contributed by atoms with Crippen LogP contribution in [0.4, 0.5) is 0 Å². The number of rotatable bonds is 10. The summed E-state index contributed by atoms with van der Waals surface area (Å²) >= 11 is 0. The fourth-order valence-electron chi connectivity index (χ4n) is 4.27. The van der Waals surface area contributed by atoms with Crippen LogP contribution in [0.5, 0.6) is 0 Å². The van der Waals surface area contributed by atoms with E-state index in [1.807, 2.05) is 24.8 Å². The van der Waals surface area contributed by atoms with E-state index in [0.29, 0.717) is 5.92 Å². The van der Waals surface area contributed by atoms with Crippen molar-refractivity contribution >= 4 is 0 Å². The second-order valence-corrected chi connectivity index (χ2v) is 8.42. The first-order valence-corrected chi connectivity index (χ1v) is 11.4. The highest BCUT2D eigenvalue weighted by Crippen LogP contribution is 2.36. The summed E-state index contributed by atoms with van der Waals surface area (Å²) in [5.74, 6) is 3.18. The fraction of sp³-hybridized carbons (Fsp3) is 0.667. The lowest BCUT2D eigenvalue weighted by atomic mass is 9.79. The Balaban J connectivity index is 1.51. The summed E-state index contributed by atoms with van der Waals surface area (Å²) in [7, 11) is 0. The van der Waals surface area contributed by atoms with Crippen molar-refractivity contribution in [1.29, 1.82) is 0 Å². The zero-order chi connectivity index (χ0) is 19.6. The van der Waals surface area contributed by atoms with Crippen LogP contribution in [0.3, 0.4) is 0 Å². The van der Waals surface area contributed by atoms with Gasteiger partial charge in [0.2, 0.25) is 0 Å². The molecular weight excluding hydrogens is 344 g/mol. The molecule has 0 amide bonds. The Labute approximate surface area is 170 Å². The lowest BCUT2D eigenvalue weighted by molar-refractivity contribution is 0.297. The number of hydrogen-bond acceptors (Lipinski definition) is 4. The molecule has 1 saturated carbocycles. The first kappa shape index (κ1) is 20.9. The minimum atomic E-state index is 0.526. The van der Waals surface area contributed by atoms with E-state index in [1.165, 1.54) is 76.2 Å². The predicted octanol–water partition coefficient (Wildman–Crippen LogP) is 6.52. The molecule has 1 aliphatic rings. The Morgan fingerprint density at radius 1 is 0.750 bits per heavy atom. The number of unbranched alkanes of at least 4 members (excludes halogenated alkanes) is 4. The first-order valence-electron chi connectivity index (χ1n) is 11.4. The van der Waals surface area contributed by atoms with Gasteiger partial charge in [0.15, 0.2) is 5.82 Å². The van der Waals surface area contributed by atoms with Crippen LogP contribution in [0.1, 0.15) is 102 Å². The molecule has 0 bridgehead atoms. The molecule has 0 unspecified atom stereocenters. The van der Waals surface area contributed by atoms with Gasteiger partial charge in [0.05, 0.1) is 5.56 Å². The van der Waals surface area contributed by atoms with Crippen molar-refractivity contribution in [2.75, 3.05) is 0 Å². The molecule has 3 rings (SSSR count). The zero-order valence-corrected chi connectivity index (χ0v) is 17.7. The van der Waals surface area contributed by atoms with Crippen molar-refractivity contribution in [3.8, 4) is 11.4 Å². The average molecular weight is 381 g/mol. The smallest absolute Gasteiger partial charge is 0.162 e. The van der Waals surface area contributed by atoms with Gasteiger partial charge in [-0.1, -0.05) is 52.4 Å². The number of nitrogens with zero attached hydrogens (tertiary/aromatic N) is 4. The Morgan fingerprint density at radius 3 is 2.04 bits per heavy atom. The van der Waals surface area contributed by atoms with Gasteiger partial charge in [-0.3, -0.25) is 0 Å². The molecule has 0 spiro atoms. The van der Waals surface area contributed by atoms with Gasteiger partial charge in [0, 0.05) is 30.7 Å². The number of aryl methyl sites for hydroxylation is 1. The largest absolute Gasteiger partial charge is 0.240 e. The van der Waals surface area contributed by atoms with Gasteiger partial charge in [-0.2, -0.15) is 0 Å². The number of hydrogen-bond donors (Lipinski definition) is 0. The van der Waals surface area contributed by atoms with Gasteiger partial charge < -0.3 is 0 Å². The lowest BCUT2D eigenvalue weighted by Gasteiger charge is -2.27. The van der Waals surface area contributed by atoms with E-state index in [4.69, 9.17) is 0 Å². The van der Waals surface area contributed by atoms with Crippen LogP contribution in [0, 0.1) is 5.92 Å². The third kappa shape index (κ3) is 6.08. The van der Waals surface area contributed by atoms with E-state index in [0.717, 1.165) is 29.6 Å². The SMILES string of the molecule is CCCCCc1cnc(-c2cnc([C@H]3CC[C@H](CCCCC)CC3)nc2)nc1.